The van der Waals surface area contributed by atoms with E-state index in [9.17, 15) is 14.9 Å². The number of rotatable bonds is 4. The smallest absolute Gasteiger partial charge is 0.271 e. The molecule has 0 saturated heterocycles. The molecule has 1 aromatic carbocycles. The van der Waals surface area contributed by atoms with Gasteiger partial charge in [-0.3, -0.25) is 14.9 Å². The van der Waals surface area contributed by atoms with Crippen molar-refractivity contribution in [3.05, 3.63) is 38.9 Å². The Labute approximate surface area is 103 Å². The quantitative estimate of drug-likeness (QED) is 0.650. The topological polar surface area (TPSA) is 89.5 Å². The Kier molecular flexibility index (Phi) is 4.42. The van der Waals surface area contributed by atoms with Gasteiger partial charge in [0.1, 0.15) is 0 Å². The van der Waals surface area contributed by atoms with Crippen LogP contribution in [-0.2, 0) is 0 Å². The molecule has 92 valence electrons. The molecule has 0 unspecified atom stereocenters. The minimum absolute atomic E-state index is 0.156. The zero-order valence-electron chi connectivity index (χ0n) is 9.22. The molecule has 0 fully saturated rings. The van der Waals surface area contributed by atoms with Crippen molar-refractivity contribution in [1.29, 1.82) is 0 Å². The number of benzene rings is 1. The first-order valence-corrected chi connectivity index (χ1v) is 5.24. The number of likely N-dealkylation sites (N-methyl/N-ethyl adjacent to an activating group) is 1. The lowest BCUT2D eigenvalue weighted by Gasteiger charge is -2.15. The van der Waals surface area contributed by atoms with Gasteiger partial charge in [-0.2, -0.15) is 0 Å². The van der Waals surface area contributed by atoms with E-state index in [4.69, 9.17) is 17.3 Å². The maximum Gasteiger partial charge on any atom is 0.271 e. The van der Waals surface area contributed by atoms with Crippen LogP contribution >= 0.6 is 11.6 Å². The third-order valence-electron chi connectivity index (χ3n) is 2.15. The van der Waals surface area contributed by atoms with E-state index in [0.29, 0.717) is 13.1 Å². The number of nitro benzene ring substituents is 1. The van der Waals surface area contributed by atoms with Crippen LogP contribution in [0, 0.1) is 10.1 Å². The molecule has 1 aromatic rings. The summed E-state index contributed by atoms with van der Waals surface area (Å²) in [5.74, 6) is -0.346. The first kappa shape index (κ1) is 13.4. The Morgan fingerprint density at radius 2 is 2.18 bits per heavy atom. The van der Waals surface area contributed by atoms with Crippen LogP contribution in [0.25, 0.3) is 0 Å². The Bertz CT molecular complexity index is 450. The van der Waals surface area contributed by atoms with Crippen LogP contribution in [0.1, 0.15) is 10.4 Å². The lowest BCUT2D eigenvalue weighted by Crippen LogP contribution is -2.31. The molecule has 0 heterocycles. The van der Waals surface area contributed by atoms with E-state index < -0.39 is 4.92 Å². The van der Waals surface area contributed by atoms with Gasteiger partial charge < -0.3 is 10.6 Å². The largest absolute Gasteiger partial charge is 0.340 e. The number of carbonyl (C=O) groups is 1. The van der Waals surface area contributed by atoms with E-state index in [1.165, 1.54) is 23.1 Å². The van der Waals surface area contributed by atoms with Crippen LogP contribution in [0.15, 0.2) is 18.2 Å². The first-order chi connectivity index (χ1) is 7.95. The average Bonchev–Trinajstić information content (AvgIpc) is 2.27. The van der Waals surface area contributed by atoms with Gasteiger partial charge in [0.2, 0.25) is 0 Å². The molecule has 1 rings (SSSR count). The molecule has 1 amide bonds. The molecule has 0 spiro atoms. The Balaban J connectivity index is 3.05. The van der Waals surface area contributed by atoms with Crippen LogP contribution in [-0.4, -0.2) is 35.9 Å². The lowest BCUT2D eigenvalue weighted by molar-refractivity contribution is -0.384. The fourth-order valence-corrected chi connectivity index (χ4v) is 1.55. The second-order valence-corrected chi connectivity index (χ2v) is 3.91. The van der Waals surface area contributed by atoms with E-state index in [2.05, 4.69) is 0 Å². The molecule has 6 nitrogen and oxygen atoms in total. The van der Waals surface area contributed by atoms with Gasteiger partial charge in [-0.15, -0.1) is 0 Å². The van der Waals surface area contributed by atoms with E-state index in [1.807, 2.05) is 0 Å². The average molecular weight is 258 g/mol. The molecule has 0 aliphatic carbocycles. The fraction of sp³-hybridized carbons (Fsp3) is 0.300. The number of nitrogens with two attached hydrogens (primary N) is 1. The van der Waals surface area contributed by atoms with Gasteiger partial charge in [-0.25, -0.2) is 0 Å². The van der Waals surface area contributed by atoms with E-state index in [-0.39, 0.29) is 22.2 Å². The van der Waals surface area contributed by atoms with Crippen molar-refractivity contribution in [1.82, 2.24) is 4.90 Å². The highest BCUT2D eigenvalue weighted by Gasteiger charge is 2.16. The number of nitro groups is 1. The van der Waals surface area contributed by atoms with Crippen molar-refractivity contribution in [2.24, 2.45) is 5.73 Å². The number of hydrogen-bond donors (Lipinski definition) is 1. The maximum atomic E-state index is 11.9. The Morgan fingerprint density at radius 1 is 1.53 bits per heavy atom. The monoisotopic (exact) mass is 257 g/mol. The molecule has 0 aliphatic heterocycles. The highest BCUT2D eigenvalue weighted by atomic mass is 35.5. The van der Waals surface area contributed by atoms with Crippen molar-refractivity contribution < 1.29 is 9.72 Å². The summed E-state index contributed by atoms with van der Waals surface area (Å²) < 4.78 is 0. The molecule has 0 atom stereocenters. The number of halogens is 1. The molecule has 0 aromatic heterocycles. The Morgan fingerprint density at radius 3 is 2.71 bits per heavy atom. The fourth-order valence-electron chi connectivity index (χ4n) is 1.32. The molecular weight excluding hydrogens is 246 g/mol. The second-order valence-electron chi connectivity index (χ2n) is 3.47. The highest BCUT2D eigenvalue weighted by molar-refractivity contribution is 6.31. The highest BCUT2D eigenvalue weighted by Crippen LogP contribution is 2.21. The number of carbonyl (C=O) groups excluding carboxylic acids is 1. The standard InChI is InChI=1S/C10H12ClN3O3/c1-13(3-2-12)10(15)7-4-8(11)6-9(5-7)14(16)17/h4-6H,2-3,12H2,1H3. The molecular formula is C10H12ClN3O3. The molecule has 0 saturated carbocycles. The number of nitrogens with zero attached hydrogens (tertiary/aromatic N) is 2. The molecule has 2 N–H and O–H groups in total. The van der Waals surface area contributed by atoms with Gasteiger partial charge in [-0.1, -0.05) is 11.6 Å². The van der Waals surface area contributed by atoms with E-state index >= 15 is 0 Å². The summed E-state index contributed by atoms with van der Waals surface area (Å²) in [6.45, 7) is 0.698. The molecule has 0 bridgehead atoms. The van der Waals surface area contributed by atoms with Gasteiger partial charge in [0, 0.05) is 42.9 Å². The van der Waals surface area contributed by atoms with Crippen LogP contribution in [0.3, 0.4) is 0 Å². The molecule has 0 aliphatic rings. The summed E-state index contributed by atoms with van der Waals surface area (Å²) in [6, 6.07) is 3.78. The summed E-state index contributed by atoms with van der Waals surface area (Å²) >= 11 is 5.72. The Hall–Kier alpha value is -1.66. The summed E-state index contributed by atoms with van der Waals surface area (Å²) in [5, 5.41) is 10.8. The summed E-state index contributed by atoms with van der Waals surface area (Å²) in [5.41, 5.74) is 5.30. The van der Waals surface area contributed by atoms with Crippen molar-refractivity contribution >= 4 is 23.2 Å². The van der Waals surface area contributed by atoms with Crippen LogP contribution in [0.2, 0.25) is 5.02 Å². The first-order valence-electron chi connectivity index (χ1n) is 4.86. The van der Waals surface area contributed by atoms with Gasteiger partial charge in [0.05, 0.1) is 4.92 Å². The van der Waals surface area contributed by atoms with Gasteiger partial charge in [-0.05, 0) is 6.07 Å². The minimum atomic E-state index is -0.592. The van der Waals surface area contributed by atoms with Crippen LogP contribution < -0.4 is 5.73 Å². The van der Waals surface area contributed by atoms with Crippen molar-refractivity contribution in [3.63, 3.8) is 0 Å². The maximum absolute atomic E-state index is 11.9. The van der Waals surface area contributed by atoms with Gasteiger partial charge in [0.25, 0.3) is 11.6 Å². The van der Waals surface area contributed by atoms with E-state index in [0.717, 1.165) is 0 Å². The predicted octanol–water partition coefficient (Wildman–Crippen LogP) is 1.28. The number of hydrogen-bond acceptors (Lipinski definition) is 4. The van der Waals surface area contributed by atoms with Gasteiger partial charge in [0.15, 0.2) is 0 Å². The minimum Gasteiger partial charge on any atom is -0.340 e. The summed E-state index contributed by atoms with van der Waals surface area (Å²) in [6.07, 6.45) is 0. The van der Waals surface area contributed by atoms with Crippen LogP contribution in [0.5, 0.6) is 0 Å². The molecule has 7 heteroatoms. The van der Waals surface area contributed by atoms with Crippen LogP contribution in [0.4, 0.5) is 5.69 Å². The van der Waals surface area contributed by atoms with Crippen molar-refractivity contribution in [2.45, 2.75) is 0 Å². The normalized spacial score (nSPS) is 10.1. The lowest BCUT2D eigenvalue weighted by atomic mass is 10.2. The predicted molar refractivity (Wildman–Crippen MR) is 64.1 cm³/mol. The third-order valence-corrected chi connectivity index (χ3v) is 2.37. The zero-order chi connectivity index (χ0) is 13.0. The molecule has 17 heavy (non-hydrogen) atoms. The number of non-ortho nitro benzene ring substituents is 1. The van der Waals surface area contributed by atoms with Crippen molar-refractivity contribution in [3.8, 4) is 0 Å². The summed E-state index contributed by atoms with van der Waals surface area (Å²) in [7, 11) is 1.57. The third kappa shape index (κ3) is 3.40. The second kappa shape index (κ2) is 5.60. The van der Waals surface area contributed by atoms with Crippen molar-refractivity contribution in [2.75, 3.05) is 20.1 Å². The molecule has 0 radical (unpaired) electrons. The zero-order valence-corrected chi connectivity index (χ0v) is 9.98. The SMILES string of the molecule is CN(CCN)C(=O)c1cc(Cl)cc([N+](=O)[O-])c1. The van der Waals surface area contributed by atoms with Gasteiger partial charge >= 0.3 is 0 Å². The summed E-state index contributed by atoms with van der Waals surface area (Å²) in [4.78, 5) is 23.3. The van der Waals surface area contributed by atoms with E-state index in [1.54, 1.807) is 7.05 Å². The number of amides is 1.